The van der Waals surface area contributed by atoms with Gasteiger partial charge < -0.3 is 5.32 Å². The Morgan fingerprint density at radius 1 is 0.971 bits per heavy atom. The van der Waals surface area contributed by atoms with E-state index >= 15 is 0 Å². The van der Waals surface area contributed by atoms with Crippen molar-refractivity contribution in [2.75, 3.05) is 10.8 Å². The molecule has 4 rings (SSSR count). The minimum Gasteiger partial charge on any atom is -0.348 e. The number of nitrogens with one attached hydrogen (secondary N) is 1. The number of carbonyl (C=O) groups excluding carboxylic acids is 1. The zero-order chi connectivity index (χ0) is 25.2. The van der Waals surface area contributed by atoms with Crippen LogP contribution in [0.5, 0.6) is 0 Å². The van der Waals surface area contributed by atoms with Crippen molar-refractivity contribution in [3.8, 4) is 0 Å². The Bertz CT molecular complexity index is 1330. The lowest BCUT2D eigenvalue weighted by atomic mass is 10.0. The second kappa shape index (κ2) is 9.73. The normalized spacial score (nSPS) is 14.3. The molecule has 35 heavy (non-hydrogen) atoms. The van der Waals surface area contributed by atoms with Crippen LogP contribution < -0.4 is 9.62 Å². The molecule has 1 N–H and O–H groups in total. The van der Waals surface area contributed by atoms with Gasteiger partial charge in [-0.25, -0.2) is 8.42 Å². The molecule has 184 valence electrons. The van der Waals surface area contributed by atoms with Crippen molar-refractivity contribution in [3.05, 3.63) is 95.1 Å². The molecule has 1 amide bonds. The third-order valence-corrected chi connectivity index (χ3v) is 7.87. The molecule has 0 heterocycles. The number of hydrogen-bond donors (Lipinski definition) is 1. The van der Waals surface area contributed by atoms with E-state index in [0.29, 0.717) is 4.31 Å². The van der Waals surface area contributed by atoms with E-state index < -0.39 is 40.3 Å². The van der Waals surface area contributed by atoms with Crippen molar-refractivity contribution in [2.45, 2.75) is 43.3 Å². The first-order valence-corrected chi connectivity index (χ1v) is 12.7. The summed E-state index contributed by atoms with van der Waals surface area (Å²) >= 11 is 0. The second-order valence-electron chi connectivity index (χ2n) is 8.54. The molecule has 9 heteroatoms. The molecule has 0 bridgehead atoms. The fourth-order valence-corrected chi connectivity index (χ4v) is 5.67. The smallest absolute Gasteiger partial charge is 0.348 e. The van der Waals surface area contributed by atoms with Crippen LogP contribution in [0.4, 0.5) is 18.9 Å². The standard InChI is InChI=1S/C26H25F3N2O3S/c1-18(20-14-13-19-7-5-8-21(19)15-20)30-25(32)17-31(35(33,34)24-11-3-2-4-12-24)23-10-6-9-22(16-23)26(27,28)29/h2-4,6,9-16,18H,5,7-8,17H2,1H3,(H,30,32). The number of nitrogens with zero attached hydrogens (tertiary/aromatic N) is 1. The minimum atomic E-state index is -4.66. The fraction of sp³-hybridized carbons (Fsp3) is 0.269. The van der Waals surface area contributed by atoms with E-state index in [9.17, 15) is 26.4 Å². The van der Waals surface area contributed by atoms with Gasteiger partial charge in [0.1, 0.15) is 6.54 Å². The van der Waals surface area contributed by atoms with Crippen molar-refractivity contribution in [1.29, 1.82) is 0 Å². The summed E-state index contributed by atoms with van der Waals surface area (Å²) in [5, 5.41) is 2.79. The number of halogens is 3. The molecule has 0 saturated carbocycles. The van der Waals surface area contributed by atoms with Gasteiger partial charge in [0.2, 0.25) is 5.91 Å². The summed E-state index contributed by atoms with van der Waals surface area (Å²) in [6, 6.07) is 16.9. The topological polar surface area (TPSA) is 66.5 Å². The monoisotopic (exact) mass is 502 g/mol. The molecule has 1 unspecified atom stereocenters. The van der Waals surface area contributed by atoms with Crippen molar-refractivity contribution in [3.63, 3.8) is 0 Å². The van der Waals surface area contributed by atoms with Crippen LogP contribution in [0.2, 0.25) is 0 Å². The predicted octanol–water partition coefficient (Wildman–Crippen LogP) is 5.27. The van der Waals surface area contributed by atoms with E-state index in [1.807, 2.05) is 18.2 Å². The van der Waals surface area contributed by atoms with Gasteiger partial charge in [0.05, 0.1) is 22.2 Å². The lowest BCUT2D eigenvalue weighted by Gasteiger charge is -2.26. The third kappa shape index (κ3) is 5.51. The van der Waals surface area contributed by atoms with Crippen molar-refractivity contribution < 1.29 is 26.4 Å². The van der Waals surface area contributed by atoms with Gasteiger partial charge in [-0.2, -0.15) is 13.2 Å². The summed E-state index contributed by atoms with van der Waals surface area (Å²) in [6.07, 6.45) is -1.58. The average Bonchev–Trinajstić information content (AvgIpc) is 3.30. The summed E-state index contributed by atoms with van der Waals surface area (Å²) in [5.74, 6) is -0.630. The number of amides is 1. The van der Waals surface area contributed by atoms with Gasteiger partial charge in [-0.15, -0.1) is 0 Å². The van der Waals surface area contributed by atoms with Crippen LogP contribution in [-0.4, -0.2) is 20.9 Å². The maximum Gasteiger partial charge on any atom is 0.416 e. The molecule has 0 aromatic heterocycles. The lowest BCUT2D eigenvalue weighted by molar-refractivity contribution is -0.137. The highest BCUT2D eigenvalue weighted by Gasteiger charge is 2.33. The number of aryl methyl sites for hydroxylation is 2. The number of carbonyl (C=O) groups is 1. The maximum absolute atomic E-state index is 13.4. The molecule has 0 aliphatic heterocycles. The molecule has 3 aromatic rings. The Hall–Kier alpha value is -3.33. The van der Waals surface area contributed by atoms with Crippen LogP contribution >= 0.6 is 0 Å². The Morgan fingerprint density at radius 2 is 1.69 bits per heavy atom. The SMILES string of the molecule is CC(NC(=O)CN(c1cccc(C(F)(F)F)c1)S(=O)(=O)c1ccccc1)c1ccc2c(c1)CCC2. The summed E-state index contributed by atoms with van der Waals surface area (Å²) in [7, 11) is -4.31. The summed E-state index contributed by atoms with van der Waals surface area (Å²) in [4.78, 5) is 12.8. The molecule has 1 aliphatic rings. The van der Waals surface area contributed by atoms with Crippen LogP contribution in [0.3, 0.4) is 0 Å². The summed E-state index contributed by atoms with van der Waals surface area (Å²) in [6.45, 7) is 1.11. The van der Waals surface area contributed by atoms with Gasteiger partial charge in [-0.1, -0.05) is 42.5 Å². The Balaban J connectivity index is 1.62. The highest BCUT2D eigenvalue weighted by atomic mass is 32.2. The first kappa shape index (κ1) is 24.8. The van der Waals surface area contributed by atoms with Gasteiger partial charge in [0.15, 0.2) is 0 Å². The highest BCUT2D eigenvalue weighted by Crippen LogP contribution is 2.33. The molecule has 3 aromatic carbocycles. The lowest BCUT2D eigenvalue weighted by Crippen LogP contribution is -2.41. The van der Waals surface area contributed by atoms with Gasteiger partial charge in [-0.3, -0.25) is 9.10 Å². The Labute approximate surface area is 202 Å². The van der Waals surface area contributed by atoms with E-state index in [1.165, 1.54) is 41.5 Å². The molecule has 0 radical (unpaired) electrons. The largest absolute Gasteiger partial charge is 0.416 e. The zero-order valence-corrected chi connectivity index (χ0v) is 19.9. The summed E-state index contributed by atoms with van der Waals surface area (Å²) in [5.41, 5.74) is 2.16. The second-order valence-corrected chi connectivity index (χ2v) is 10.4. The number of anilines is 1. The van der Waals surface area contributed by atoms with E-state index in [1.54, 1.807) is 13.0 Å². The molecule has 0 spiro atoms. The van der Waals surface area contributed by atoms with Crippen LogP contribution in [0.15, 0.2) is 77.7 Å². The quantitative estimate of drug-likeness (QED) is 0.479. The van der Waals surface area contributed by atoms with Gasteiger partial charge in [0.25, 0.3) is 10.0 Å². The molecule has 5 nitrogen and oxygen atoms in total. The number of sulfonamides is 1. The van der Waals surface area contributed by atoms with Crippen LogP contribution in [0, 0.1) is 0 Å². The molecule has 0 saturated heterocycles. The Kier molecular flexibility index (Phi) is 6.89. The molecular weight excluding hydrogens is 477 g/mol. The minimum absolute atomic E-state index is 0.128. The number of alkyl halides is 3. The molecule has 0 fully saturated rings. The van der Waals surface area contributed by atoms with Gasteiger partial charge in [-0.05, 0) is 73.2 Å². The summed E-state index contributed by atoms with van der Waals surface area (Å²) < 4.78 is 67.4. The first-order chi connectivity index (χ1) is 16.6. The first-order valence-electron chi connectivity index (χ1n) is 11.2. The molecule has 1 atom stereocenters. The van der Waals surface area contributed by atoms with E-state index in [0.717, 1.165) is 43.0 Å². The van der Waals surface area contributed by atoms with Gasteiger partial charge >= 0.3 is 6.18 Å². The fourth-order valence-electron chi connectivity index (χ4n) is 4.23. The van der Waals surface area contributed by atoms with Crippen molar-refractivity contribution >= 4 is 21.6 Å². The van der Waals surface area contributed by atoms with Crippen LogP contribution in [0.25, 0.3) is 0 Å². The van der Waals surface area contributed by atoms with Crippen molar-refractivity contribution in [1.82, 2.24) is 5.32 Å². The number of benzene rings is 3. The third-order valence-electron chi connectivity index (χ3n) is 6.08. The highest BCUT2D eigenvalue weighted by molar-refractivity contribution is 7.92. The average molecular weight is 503 g/mol. The van der Waals surface area contributed by atoms with Crippen LogP contribution in [-0.2, 0) is 33.8 Å². The van der Waals surface area contributed by atoms with Crippen molar-refractivity contribution in [2.24, 2.45) is 0 Å². The van der Waals surface area contributed by atoms with Gasteiger partial charge in [0, 0.05) is 0 Å². The number of rotatable bonds is 7. The molecule has 1 aliphatic carbocycles. The van der Waals surface area contributed by atoms with E-state index in [4.69, 9.17) is 0 Å². The Morgan fingerprint density at radius 3 is 2.40 bits per heavy atom. The zero-order valence-electron chi connectivity index (χ0n) is 19.0. The number of hydrogen-bond acceptors (Lipinski definition) is 3. The van der Waals surface area contributed by atoms with E-state index in [2.05, 4.69) is 5.32 Å². The predicted molar refractivity (Wildman–Crippen MR) is 127 cm³/mol. The van der Waals surface area contributed by atoms with Crippen LogP contribution in [0.1, 0.15) is 41.6 Å². The maximum atomic E-state index is 13.4. The van der Waals surface area contributed by atoms with E-state index in [-0.39, 0.29) is 10.6 Å². The number of fused-ring (bicyclic) bond motifs is 1. The molecular formula is C26H25F3N2O3S.